The van der Waals surface area contributed by atoms with Gasteiger partial charge in [-0.1, -0.05) is 5.57 Å². The lowest BCUT2D eigenvalue weighted by Gasteiger charge is -2.10. The average molecular weight is 194 g/mol. The molecule has 0 aliphatic heterocycles. The van der Waals surface area contributed by atoms with Gasteiger partial charge in [0.2, 0.25) is 0 Å². The van der Waals surface area contributed by atoms with Gasteiger partial charge in [0.1, 0.15) is 0 Å². The summed E-state index contributed by atoms with van der Waals surface area (Å²) in [6.45, 7) is 7.71. The summed E-state index contributed by atoms with van der Waals surface area (Å²) in [6, 6.07) is 1.92. The first-order valence-electron chi connectivity index (χ1n) is 4.83. The molecule has 78 valence electrons. The zero-order chi connectivity index (χ0) is 10.7. The number of hydrogen-bond donors (Lipinski definition) is 1. The highest BCUT2D eigenvalue weighted by Crippen LogP contribution is 2.20. The van der Waals surface area contributed by atoms with Gasteiger partial charge in [0.15, 0.2) is 0 Å². The molecular formula is C11H18N2O. The molecule has 1 heterocycles. The number of nitrogens with zero attached hydrogens (tertiary/aromatic N) is 2. The normalized spacial score (nSPS) is 12.9. The Balaban J connectivity index is 2.64. The van der Waals surface area contributed by atoms with Crippen LogP contribution in [0.2, 0.25) is 0 Å². The second-order valence-corrected chi connectivity index (χ2v) is 3.85. The van der Waals surface area contributed by atoms with E-state index in [1.807, 2.05) is 27.0 Å². The molecule has 1 aromatic rings. The van der Waals surface area contributed by atoms with Gasteiger partial charge in [-0.3, -0.25) is 4.68 Å². The van der Waals surface area contributed by atoms with Gasteiger partial charge in [0.05, 0.1) is 17.5 Å². The molecule has 1 unspecified atom stereocenters. The van der Waals surface area contributed by atoms with E-state index in [4.69, 9.17) is 0 Å². The van der Waals surface area contributed by atoms with Crippen molar-refractivity contribution in [2.24, 2.45) is 7.05 Å². The van der Waals surface area contributed by atoms with E-state index < -0.39 is 6.10 Å². The standard InChI is InChI=1S/C11H18N2O/c1-8(2)5-6-11(14)10-7-9(3)12-13(10)4/h7,11,14H,1,5-6H2,2-4H3. The highest BCUT2D eigenvalue weighted by Gasteiger charge is 2.12. The molecule has 0 spiro atoms. The summed E-state index contributed by atoms with van der Waals surface area (Å²) in [7, 11) is 1.85. The summed E-state index contributed by atoms with van der Waals surface area (Å²) in [6.07, 6.45) is 1.14. The smallest absolute Gasteiger partial charge is 0.0959 e. The minimum Gasteiger partial charge on any atom is -0.387 e. The number of allylic oxidation sites excluding steroid dienone is 1. The molecule has 1 aromatic heterocycles. The van der Waals surface area contributed by atoms with Crippen LogP contribution in [0.5, 0.6) is 0 Å². The molecule has 0 radical (unpaired) electrons. The molecule has 0 bridgehead atoms. The zero-order valence-corrected chi connectivity index (χ0v) is 9.12. The Labute approximate surface area is 85.1 Å². The van der Waals surface area contributed by atoms with Crippen LogP contribution < -0.4 is 0 Å². The van der Waals surface area contributed by atoms with Crippen LogP contribution in [0.4, 0.5) is 0 Å². The lowest BCUT2D eigenvalue weighted by molar-refractivity contribution is 0.158. The molecule has 0 fully saturated rings. The van der Waals surface area contributed by atoms with Crippen molar-refractivity contribution in [2.75, 3.05) is 0 Å². The monoisotopic (exact) mass is 194 g/mol. The van der Waals surface area contributed by atoms with Gasteiger partial charge in [0, 0.05) is 7.05 Å². The van der Waals surface area contributed by atoms with Crippen molar-refractivity contribution in [3.63, 3.8) is 0 Å². The lowest BCUT2D eigenvalue weighted by atomic mass is 10.1. The van der Waals surface area contributed by atoms with Crippen LogP contribution >= 0.6 is 0 Å². The summed E-state index contributed by atoms with van der Waals surface area (Å²) in [4.78, 5) is 0. The Kier molecular flexibility index (Phi) is 3.47. The first-order chi connectivity index (χ1) is 6.50. The van der Waals surface area contributed by atoms with Crippen molar-refractivity contribution in [2.45, 2.75) is 32.8 Å². The van der Waals surface area contributed by atoms with Crippen LogP contribution in [0, 0.1) is 6.92 Å². The van der Waals surface area contributed by atoms with Crippen LogP contribution in [0.1, 0.15) is 37.3 Å². The highest BCUT2D eigenvalue weighted by molar-refractivity contribution is 5.11. The summed E-state index contributed by atoms with van der Waals surface area (Å²) >= 11 is 0. The minimum absolute atomic E-state index is 0.433. The second kappa shape index (κ2) is 4.42. The van der Waals surface area contributed by atoms with E-state index in [0.717, 1.165) is 23.4 Å². The van der Waals surface area contributed by atoms with Gasteiger partial charge < -0.3 is 5.11 Å². The second-order valence-electron chi connectivity index (χ2n) is 3.85. The van der Waals surface area contributed by atoms with E-state index in [0.29, 0.717) is 6.42 Å². The van der Waals surface area contributed by atoms with Gasteiger partial charge in [-0.05, 0) is 32.8 Å². The zero-order valence-electron chi connectivity index (χ0n) is 9.12. The van der Waals surface area contributed by atoms with E-state index in [2.05, 4.69) is 11.7 Å². The molecule has 0 amide bonds. The summed E-state index contributed by atoms with van der Waals surface area (Å²) in [5.41, 5.74) is 2.92. The Morgan fingerprint density at radius 2 is 2.36 bits per heavy atom. The van der Waals surface area contributed by atoms with E-state index in [9.17, 15) is 5.11 Å². The molecule has 0 saturated carbocycles. The third-order valence-corrected chi connectivity index (χ3v) is 2.22. The molecule has 0 aromatic carbocycles. The van der Waals surface area contributed by atoms with Crippen LogP contribution in [0.15, 0.2) is 18.2 Å². The predicted octanol–water partition coefficient (Wildman–Crippen LogP) is 2.12. The van der Waals surface area contributed by atoms with Crippen LogP contribution in [0.25, 0.3) is 0 Å². The Morgan fingerprint density at radius 3 is 2.79 bits per heavy atom. The van der Waals surface area contributed by atoms with Crippen LogP contribution in [0.3, 0.4) is 0 Å². The van der Waals surface area contributed by atoms with Crippen LogP contribution in [-0.4, -0.2) is 14.9 Å². The van der Waals surface area contributed by atoms with E-state index in [1.54, 1.807) is 4.68 Å². The minimum atomic E-state index is -0.433. The molecular weight excluding hydrogens is 176 g/mol. The average Bonchev–Trinajstić information content (AvgIpc) is 2.41. The molecule has 1 N–H and O–H groups in total. The Morgan fingerprint density at radius 1 is 1.71 bits per heavy atom. The maximum atomic E-state index is 9.86. The van der Waals surface area contributed by atoms with Crippen molar-refractivity contribution in [3.8, 4) is 0 Å². The third-order valence-electron chi connectivity index (χ3n) is 2.22. The van der Waals surface area contributed by atoms with Crippen LogP contribution in [-0.2, 0) is 7.05 Å². The topological polar surface area (TPSA) is 38.1 Å². The Bertz CT molecular complexity index is 328. The summed E-state index contributed by atoms with van der Waals surface area (Å²) in [5.74, 6) is 0. The van der Waals surface area contributed by atoms with E-state index >= 15 is 0 Å². The van der Waals surface area contributed by atoms with E-state index in [-0.39, 0.29) is 0 Å². The fraction of sp³-hybridized carbons (Fsp3) is 0.545. The van der Waals surface area contributed by atoms with Gasteiger partial charge in [-0.2, -0.15) is 5.10 Å². The van der Waals surface area contributed by atoms with Gasteiger partial charge in [0.25, 0.3) is 0 Å². The molecule has 1 rings (SSSR count). The first kappa shape index (κ1) is 11.0. The summed E-state index contributed by atoms with van der Waals surface area (Å²) < 4.78 is 1.73. The van der Waals surface area contributed by atoms with Gasteiger partial charge >= 0.3 is 0 Å². The maximum absolute atomic E-state index is 9.86. The number of rotatable bonds is 4. The molecule has 3 heteroatoms. The van der Waals surface area contributed by atoms with Crippen molar-refractivity contribution in [1.29, 1.82) is 0 Å². The van der Waals surface area contributed by atoms with E-state index in [1.165, 1.54) is 0 Å². The van der Waals surface area contributed by atoms with Gasteiger partial charge in [-0.25, -0.2) is 0 Å². The summed E-state index contributed by atoms with van der Waals surface area (Å²) in [5, 5.41) is 14.1. The van der Waals surface area contributed by atoms with Crippen molar-refractivity contribution in [3.05, 3.63) is 29.6 Å². The SMILES string of the molecule is C=C(C)CCC(O)c1cc(C)nn1C. The molecule has 1 atom stereocenters. The number of aliphatic hydroxyl groups is 1. The van der Waals surface area contributed by atoms with Crippen molar-refractivity contribution in [1.82, 2.24) is 9.78 Å². The first-order valence-corrected chi connectivity index (χ1v) is 4.83. The molecule has 0 aliphatic rings. The van der Waals surface area contributed by atoms with Crippen molar-refractivity contribution >= 4 is 0 Å². The fourth-order valence-electron chi connectivity index (χ4n) is 1.47. The van der Waals surface area contributed by atoms with Crippen molar-refractivity contribution < 1.29 is 5.11 Å². The molecule has 14 heavy (non-hydrogen) atoms. The highest BCUT2D eigenvalue weighted by atomic mass is 16.3. The number of aromatic nitrogens is 2. The molecule has 0 saturated heterocycles. The number of aryl methyl sites for hydroxylation is 2. The number of hydrogen-bond acceptors (Lipinski definition) is 2. The Hall–Kier alpha value is -1.09. The largest absolute Gasteiger partial charge is 0.387 e. The molecule has 3 nitrogen and oxygen atoms in total. The lowest BCUT2D eigenvalue weighted by Crippen LogP contribution is -2.05. The number of aliphatic hydroxyl groups excluding tert-OH is 1. The molecule has 0 aliphatic carbocycles. The quantitative estimate of drug-likeness (QED) is 0.745. The fourth-order valence-corrected chi connectivity index (χ4v) is 1.47. The van der Waals surface area contributed by atoms with Gasteiger partial charge in [-0.15, -0.1) is 6.58 Å². The maximum Gasteiger partial charge on any atom is 0.0959 e. The third kappa shape index (κ3) is 2.70. The predicted molar refractivity (Wildman–Crippen MR) is 57.0 cm³/mol.